The molecule has 2 aliphatic rings. The van der Waals surface area contributed by atoms with Gasteiger partial charge in [0.2, 0.25) is 0 Å². The fourth-order valence-electron chi connectivity index (χ4n) is 3.75. The molecule has 0 spiro atoms. The zero-order valence-electron chi connectivity index (χ0n) is 16.9. The molecule has 2 aromatic rings. The number of aromatic nitrogens is 2. The Labute approximate surface area is 175 Å². The normalized spacial score (nSPS) is 18.3. The molecule has 2 fully saturated rings. The first-order valence-corrected chi connectivity index (χ1v) is 11.0. The number of anilines is 1. The van der Waals surface area contributed by atoms with Crippen molar-refractivity contribution < 1.29 is 9.15 Å². The van der Waals surface area contributed by atoms with Gasteiger partial charge < -0.3 is 19.8 Å². The maximum Gasteiger partial charge on any atom is 0.437 e. The highest BCUT2D eigenvalue weighted by Crippen LogP contribution is 2.37. The fraction of sp³-hybridized carbons (Fsp3) is 0.619. The van der Waals surface area contributed by atoms with Crippen LogP contribution in [0.3, 0.4) is 0 Å². The summed E-state index contributed by atoms with van der Waals surface area (Å²) in [7, 11) is 0. The lowest BCUT2D eigenvalue weighted by atomic mass is 10.1. The zero-order valence-corrected chi connectivity index (χ0v) is 17.7. The van der Waals surface area contributed by atoms with Crippen LogP contribution in [-0.2, 0) is 0 Å². The molecular formula is C21H29ClN4O3. The number of piperidine rings is 1. The molecule has 0 unspecified atom stereocenters. The average molecular weight is 421 g/mol. The number of likely N-dealkylation sites (tertiary alicyclic amines) is 1. The maximum absolute atomic E-state index is 12.5. The summed E-state index contributed by atoms with van der Waals surface area (Å²) < 4.78 is 12.9. The molecule has 29 heavy (non-hydrogen) atoms. The molecule has 2 heterocycles. The van der Waals surface area contributed by atoms with Gasteiger partial charge in [0, 0.05) is 19.2 Å². The number of hydrogen-bond acceptors (Lipinski definition) is 6. The van der Waals surface area contributed by atoms with Crippen LogP contribution in [-0.4, -0.2) is 40.9 Å². The third-order valence-electron chi connectivity index (χ3n) is 5.80. The summed E-state index contributed by atoms with van der Waals surface area (Å²) in [6, 6.07) is 3.41. The number of rotatable bonds is 8. The second-order valence-corrected chi connectivity index (χ2v) is 8.58. The van der Waals surface area contributed by atoms with E-state index in [9.17, 15) is 4.79 Å². The predicted molar refractivity (Wildman–Crippen MR) is 113 cm³/mol. The molecule has 1 aromatic heterocycles. The first-order chi connectivity index (χ1) is 14.0. The molecule has 1 aliphatic heterocycles. The van der Waals surface area contributed by atoms with Crippen LogP contribution in [0, 0.1) is 5.92 Å². The number of nitrogens with two attached hydrogens (primary N) is 1. The SMILES string of the molecule is CCCCN1CCC(n2nc(-c3cc(Cl)c(N)cc3OCC3CC3)oc2=O)CC1. The van der Waals surface area contributed by atoms with Gasteiger partial charge in [0.15, 0.2) is 0 Å². The Bertz CT molecular complexity index is 898. The highest BCUT2D eigenvalue weighted by Gasteiger charge is 2.27. The van der Waals surface area contributed by atoms with Crippen LogP contribution in [0.15, 0.2) is 21.3 Å². The smallest absolute Gasteiger partial charge is 0.437 e. The Balaban J connectivity index is 1.53. The summed E-state index contributed by atoms with van der Waals surface area (Å²) in [5, 5.41) is 4.89. The topological polar surface area (TPSA) is 86.5 Å². The van der Waals surface area contributed by atoms with E-state index in [4.69, 9.17) is 26.5 Å². The van der Waals surface area contributed by atoms with Gasteiger partial charge in [0.05, 0.1) is 28.9 Å². The van der Waals surface area contributed by atoms with Gasteiger partial charge in [0.25, 0.3) is 5.89 Å². The molecule has 0 atom stereocenters. The van der Waals surface area contributed by atoms with Gasteiger partial charge in [-0.3, -0.25) is 0 Å². The Morgan fingerprint density at radius 1 is 1.28 bits per heavy atom. The molecule has 0 amide bonds. The molecule has 0 bridgehead atoms. The van der Waals surface area contributed by atoms with Crippen LogP contribution >= 0.6 is 11.6 Å². The quantitative estimate of drug-likeness (QED) is 0.650. The van der Waals surface area contributed by atoms with Crippen molar-refractivity contribution in [1.29, 1.82) is 0 Å². The van der Waals surface area contributed by atoms with Crippen LogP contribution in [0.25, 0.3) is 11.5 Å². The van der Waals surface area contributed by atoms with Crippen molar-refractivity contribution in [1.82, 2.24) is 14.7 Å². The number of halogens is 1. The van der Waals surface area contributed by atoms with Crippen LogP contribution in [0.5, 0.6) is 5.75 Å². The van der Waals surface area contributed by atoms with Gasteiger partial charge >= 0.3 is 5.76 Å². The molecule has 1 aromatic carbocycles. The summed E-state index contributed by atoms with van der Waals surface area (Å²) in [6.07, 6.45) is 6.55. The molecule has 1 saturated carbocycles. The zero-order chi connectivity index (χ0) is 20.4. The molecule has 4 rings (SSSR count). The van der Waals surface area contributed by atoms with Crippen molar-refractivity contribution in [3.05, 3.63) is 27.7 Å². The van der Waals surface area contributed by atoms with E-state index in [0.29, 0.717) is 34.5 Å². The molecule has 1 saturated heterocycles. The summed E-state index contributed by atoms with van der Waals surface area (Å²) in [4.78, 5) is 15.0. The van der Waals surface area contributed by atoms with E-state index in [1.54, 1.807) is 12.1 Å². The van der Waals surface area contributed by atoms with Crippen molar-refractivity contribution >= 4 is 17.3 Å². The van der Waals surface area contributed by atoms with Gasteiger partial charge in [-0.05, 0) is 50.6 Å². The van der Waals surface area contributed by atoms with Crippen molar-refractivity contribution in [2.24, 2.45) is 5.92 Å². The second kappa shape index (κ2) is 8.79. The number of benzene rings is 1. The van der Waals surface area contributed by atoms with Gasteiger partial charge in [-0.25, -0.2) is 4.79 Å². The lowest BCUT2D eigenvalue weighted by molar-refractivity contribution is 0.174. The molecule has 0 radical (unpaired) electrons. The Kier molecular flexibility index (Phi) is 6.15. The predicted octanol–water partition coefficient (Wildman–Crippen LogP) is 3.96. The number of unbranched alkanes of at least 4 members (excludes halogenated alkanes) is 1. The van der Waals surface area contributed by atoms with Gasteiger partial charge in [-0.15, -0.1) is 5.10 Å². The Morgan fingerprint density at radius 2 is 2.03 bits per heavy atom. The molecule has 158 valence electrons. The van der Waals surface area contributed by atoms with Crippen molar-refractivity contribution in [3.8, 4) is 17.2 Å². The largest absolute Gasteiger partial charge is 0.492 e. The third-order valence-corrected chi connectivity index (χ3v) is 6.13. The van der Waals surface area contributed by atoms with Crippen molar-refractivity contribution in [2.45, 2.75) is 51.5 Å². The van der Waals surface area contributed by atoms with Gasteiger partial charge in [-0.2, -0.15) is 4.68 Å². The molecule has 7 nitrogen and oxygen atoms in total. The Hall–Kier alpha value is -1.99. The molecular weight excluding hydrogens is 392 g/mol. The lowest BCUT2D eigenvalue weighted by Gasteiger charge is -2.31. The molecule has 8 heteroatoms. The lowest BCUT2D eigenvalue weighted by Crippen LogP contribution is -2.37. The number of nitrogens with zero attached hydrogens (tertiary/aromatic N) is 3. The minimum absolute atomic E-state index is 0.0537. The fourth-order valence-corrected chi connectivity index (χ4v) is 3.91. The minimum atomic E-state index is -0.437. The summed E-state index contributed by atoms with van der Waals surface area (Å²) >= 11 is 6.22. The first-order valence-electron chi connectivity index (χ1n) is 10.6. The third kappa shape index (κ3) is 4.78. The summed E-state index contributed by atoms with van der Waals surface area (Å²) in [5.41, 5.74) is 6.96. The summed E-state index contributed by atoms with van der Waals surface area (Å²) in [6.45, 7) is 5.89. The van der Waals surface area contributed by atoms with E-state index in [0.717, 1.165) is 32.5 Å². The highest BCUT2D eigenvalue weighted by molar-refractivity contribution is 6.33. The maximum atomic E-state index is 12.5. The summed E-state index contributed by atoms with van der Waals surface area (Å²) in [5.74, 6) is 0.938. The van der Waals surface area contributed by atoms with Crippen LogP contribution in [0.2, 0.25) is 5.02 Å². The van der Waals surface area contributed by atoms with E-state index < -0.39 is 5.76 Å². The van der Waals surface area contributed by atoms with Gasteiger partial charge in [0.1, 0.15) is 5.75 Å². The number of nitrogen functional groups attached to an aromatic ring is 1. The highest BCUT2D eigenvalue weighted by atomic mass is 35.5. The monoisotopic (exact) mass is 420 g/mol. The Morgan fingerprint density at radius 3 is 2.72 bits per heavy atom. The standard InChI is InChI=1S/C21H29ClN4O3/c1-2-3-8-25-9-6-15(7-10-25)26-21(27)29-20(24-26)16-11-17(22)18(23)12-19(16)28-13-14-4-5-14/h11-12,14-15H,2-10,13,23H2,1H3. The van der Waals surface area contributed by atoms with Crippen molar-refractivity contribution in [3.63, 3.8) is 0 Å². The average Bonchev–Trinajstić information content (AvgIpc) is 3.47. The number of hydrogen-bond donors (Lipinski definition) is 1. The second-order valence-electron chi connectivity index (χ2n) is 8.17. The van der Waals surface area contributed by atoms with E-state index >= 15 is 0 Å². The van der Waals surface area contributed by atoms with Gasteiger partial charge in [-0.1, -0.05) is 24.9 Å². The van der Waals surface area contributed by atoms with Crippen LogP contribution in [0.1, 0.15) is 51.5 Å². The van der Waals surface area contributed by atoms with Crippen LogP contribution < -0.4 is 16.2 Å². The van der Waals surface area contributed by atoms with E-state index in [2.05, 4.69) is 16.9 Å². The minimum Gasteiger partial charge on any atom is -0.492 e. The first kappa shape index (κ1) is 20.3. The van der Waals surface area contributed by atoms with Crippen LogP contribution in [0.4, 0.5) is 5.69 Å². The van der Waals surface area contributed by atoms with E-state index in [1.807, 2.05) is 0 Å². The molecule has 2 N–H and O–H groups in total. The van der Waals surface area contributed by atoms with Crippen molar-refractivity contribution in [2.75, 3.05) is 32.0 Å². The van der Waals surface area contributed by atoms with E-state index in [-0.39, 0.29) is 11.9 Å². The molecule has 1 aliphatic carbocycles. The number of ether oxygens (including phenoxy) is 1. The van der Waals surface area contributed by atoms with E-state index in [1.165, 1.54) is 30.4 Å².